The number of unbranched alkanes of at least 4 members (excludes halogenated alkanes) is 6. The summed E-state index contributed by atoms with van der Waals surface area (Å²) >= 11 is 0. The summed E-state index contributed by atoms with van der Waals surface area (Å²) in [4.78, 5) is 23.5. The minimum atomic E-state index is -4.50. The molecule has 0 aliphatic rings. The lowest BCUT2D eigenvalue weighted by Gasteiger charge is -2.09. The lowest BCUT2D eigenvalue weighted by molar-refractivity contribution is -0.143. The Morgan fingerprint density at radius 2 is 1.70 bits per heavy atom. The van der Waals surface area contributed by atoms with Crippen molar-refractivity contribution in [3.05, 3.63) is 35.4 Å². The van der Waals surface area contributed by atoms with Gasteiger partial charge in [-0.25, -0.2) is 0 Å². The van der Waals surface area contributed by atoms with Gasteiger partial charge in [0.25, 0.3) is 5.91 Å². The van der Waals surface area contributed by atoms with Gasteiger partial charge in [0.2, 0.25) is 0 Å². The highest BCUT2D eigenvalue weighted by Gasteiger charge is 2.30. The second-order valence-corrected chi connectivity index (χ2v) is 6.43. The van der Waals surface area contributed by atoms with Crippen molar-refractivity contribution < 1.29 is 27.5 Å². The van der Waals surface area contributed by atoms with Gasteiger partial charge in [-0.1, -0.05) is 51.5 Å². The van der Waals surface area contributed by atoms with E-state index in [0.29, 0.717) is 6.61 Å². The quantitative estimate of drug-likeness (QED) is 0.400. The minimum absolute atomic E-state index is 0.0127. The number of esters is 1. The number of amides is 1. The molecule has 0 radical (unpaired) electrons. The van der Waals surface area contributed by atoms with Crippen molar-refractivity contribution in [3.63, 3.8) is 0 Å². The molecule has 0 aromatic heterocycles. The Balaban J connectivity index is 2.18. The molecule has 0 spiro atoms. The fourth-order valence-corrected chi connectivity index (χ4v) is 2.53. The number of hydrogen-bond donors (Lipinski definition) is 1. The molecule has 0 saturated carbocycles. The highest BCUT2D eigenvalue weighted by molar-refractivity contribution is 5.94. The zero-order valence-corrected chi connectivity index (χ0v) is 15.7. The summed E-state index contributed by atoms with van der Waals surface area (Å²) < 4.78 is 43.0. The predicted octanol–water partition coefficient (Wildman–Crippen LogP) is 5.12. The summed E-state index contributed by atoms with van der Waals surface area (Å²) in [6.07, 6.45) is 3.34. The van der Waals surface area contributed by atoms with Crippen LogP contribution in [0.4, 0.5) is 13.2 Å². The number of rotatable bonds is 12. The molecule has 0 bridgehead atoms. The van der Waals surface area contributed by atoms with Gasteiger partial charge in [0.1, 0.15) is 0 Å². The van der Waals surface area contributed by atoms with Crippen LogP contribution in [0.25, 0.3) is 0 Å². The van der Waals surface area contributed by atoms with Gasteiger partial charge in [-0.3, -0.25) is 9.59 Å². The van der Waals surface area contributed by atoms with Crippen molar-refractivity contribution in [1.82, 2.24) is 5.32 Å². The first-order chi connectivity index (χ1) is 12.8. The second kappa shape index (κ2) is 12.4. The fraction of sp³-hybridized carbons (Fsp3) is 0.600. The molecule has 0 fully saturated rings. The highest BCUT2D eigenvalue weighted by atomic mass is 19.4. The number of ether oxygens (including phenoxy) is 1. The van der Waals surface area contributed by atoms with Crippen molar-refractivity contribution in [2.45, 2.75) is 64.5 Å². The summed E-state index contributed by atoms with van der Waals surface area (Å²) in [5.41, 5.74) is -0.981. The molecule has 0 aliphatic heterocycles. The molecular weight excluding hydrogens is 359 g/mol. The number of nitrogens with one attached hydrogen (secondary N) is 1. The smallest absolute Gasteiger partial charge is 0.416 e. The van der Waals surface area contributed by atoms with E-state index in [1.807, 2.05) is 0 Å². The zero-order valence-electron chi connectivity index (χ0n) is 15.7. The predicted molar refractivity (Wildman–Crippen MR) is 97.3 cm³/mol. The Hall–Kier alpha value is -2.05. The third-order valence-electron chi connectivity index (χ3n) is 4.08. The van der Waals surface area contributed by atoms with Gasteiger partial charge in [-0.05, 0) is 24.6 Å². The van der Waals surface area contributed by atoms with Crippen molar-refractivity contribution in [2.75, 3.05) is 13.2 Å². The zero-order chi connectivity index (χ0) is 20.1. The summed E-state index contributed by atoms with van der Waals surface area (Å²) in [7, 11) is 0. The van der Waals surface area contributed by atoms with Crippen molar-refractivity contribution in [1.29, 1.82) is 0 Å². The molecule has 0 unspecified atom stereocenters. The standard InChI is InChI=1S/C20H28F3NO3/c1-2-3-4-5-6-7-8-14-27-18(25)12-13-24-19(26)16-10-9-11-17(15-16)20(21,22)23/h9-11,15H,2-8,12-14H2,1H3,(H,24,26). The van der Waals surface area contributed by atoms with Crippen molar-refractivity contribution in [2.24, 2.45) is 0 Å². The monoisotopic (exact) mass is 387 g/mol. The Bertz CT molecular complexity index is 588. The summed E-state index contributed by atoms with van der Waals surface area (Å²) in [6.45, 7) is 2.54. The number of carbonyl (C=O) groups excluding carboxylic acids is 2. The Morgan fingerprint density at radius 1 is 1.04 bits per heavy atom. The molecular formula is C20H28F3NO3. The molecule has 7 heteroatoms. The third kappa shape index (κ3) is 10.0. The molecule has 0 atom stereocenters. The summed E-state index contributed by atoms with van der Waals surface area (Å²) in [5, 5.41) is 2.43. The topological polar surface area (TPSA) is 55.4 Å². The van der Waals surface area contributed by atoms with E-state index in [9.17, 15) is 22.8 Å². The first-order valence-electron chi connectivity index (χ1n) is 9.45. The Labute approximate surface area is 158 Å². The maximum absolute atomic E-state index is 12.6. The van der Waals surface area contributed by atoms with Gasteiger partial charge >= 0.3 is 12.1 Å². The number of halogens is 3. The molecule has 1 aromatic rings. The average molecular weight is 387 g/mol. The van der Waals surface area contributed by atoms with Gasteiger partial charge in [0.15, 0.2) is 0 Å². The Morgan fingerprint density at radius 3 is 2.37 bits per heavy atom. The maximum Gasteiger partial charge on any atom is 0.416 e. The molecule has 0 aliphatic carbocycles. The van der Waals surface area contributed by atoms with Crippen LogP contribution in [-0.2, 0) is 15.7 Å². The van der Waals surface area contributed by atoms with E-state index in [0.717, 1.165) is 31.4 Å². The van der Waals surface area contributed by atoms with E-state index in [-0.39, 0.29) is 18.5 Å². The lowest BCUT2D eigenvalue weighted by atomic mass is 10.1. The van der Waals surface area contributed by atoms with Gasteiger partial charge in [0, 0.05) is 12.1 Å². The van der Waals surface area contributed by atoms with E-state index >= 15 is 0 Å². The first-order valence-corrected chi connectivity index (χ1v) is 9.45. The number of hydrogen-bond acceptors (Lipinski definition) is 3. The SMILES string of the molecule is CCCCCCCCCOC(=O)CCNC(=O)c1cccc(C(F)(F)F)c1. The van der Waals surface area contributed by atoms with Gasteiger partial charge in [-0.2, -0.15) is 13.2 Å². The van der Waals surface area contributed by atoms with Gasteiger partial charge in [-0.15, -0.1) is 0 Å². The van der Waals surface area contributed by atoms with E-state index in [2.05, 4.69) is 12.2 Å². The fourth-order valence-electron chi connectivity index (χ4n) is 2.53. The van der Waals surface area contributed by atoms with Crippen molar-refractivity contribution in [3.8, 4) is 0 Å². The molecule has 0 heterocycles. The van der Waals surface area contributed by atoms with Crippen LogP contribution in [0.3, 0.4) is 0 Å². The van der Waals surface area contributed by atoms with E-state index in [1.54, 1.807) is 0 Å². The van der Waals surface area contributed by atoms with E-state index < -0.39 is 23.6 Å². The molecule has 152 valence electrons. The number of benzene rings is 1. The summed E-state index contributed by atoms with van der Waals surface area (Å²) in [6, 6.07) is 4.16. The van der Waals surface area contributed by atoms with Crippen LogP contribution < -0.4 is 5.32 Å². The normalized spacial score (nSPS) is 11.3. The molecule has 27 heavy (non-hydrogen) atoms. The van der Waals surface area contributed by atoms with Crippen LogP contribution in [0, 0.1) is 0 Å². The maximum atomic E-state index is 12.6. The van der Waals surface area contributed by atoms with Crippen LogP contribution in [0.2, 0.25) is 0 Å². The third-order valence-corrected chi connectivity index (χ3v) is 4.08. The minimum Gasteiger partial charge on any atom is -0.466 e. The van der Waals surface area contributed by atoms with Crippen LogP contribution in [0.5, 0.6) is 0 Å². The van der Waals surface area contributed by atoms with Crippen LogP contribution >= 0.6 is 0 Å². The largest absolute Gasteiger partial charge is 0.466 e. The van der Waals surface area contributed by atoms with Crippen LogP contribution in [0.15, 0.2) is 24.3 Å². The number of carbonyl (C=O) groups is 2. The molecule has 1 N–H and O–H groups in total. The van der Waals surface area contributed by atoms with Crippen LogP contribution in [0.1, 0.15) is 74.2 Å². The molecule has 0 saturated heterocycles. The summed E-state index contributed by atoms with van der Waals surface area (Å²) in [5.74, 6) is -1.08. The molecule has 1 rings (SSSR count). The van der Waals surface area contributed by atoms with Crippen molar-refractivity contribution >= 4 is 11.9 Å². The second-order valence-electron chi connectivity index (χ2n) is 6.43. The van der Waals surface area contributed by atoms with Crippen LogP contribution in [-0.4, -0.2) is 25.0 Å². The first kappa shape index (κ1) is 23.0. The highest BCUT2D eigenvalue weighted by Crippen LogP contribution is 2.29. The van der Waals surface area contributed by atoms with Gasteiger partial charge < -0.3 is 10.1 Å². The average Bonchev–Trinajstić information content (AvgIpc) is 2.63. The number of alkyl halides is 3. The molecule has 1 aromatic carbocycles. The van der Waals surface area contributed by atoms with E-state index in [4.69, 9.17) is 4.74 Å². The van der Waals surface area contributed by atoms with Gasteiger partial charge in [0.05, 0.1) is 18.6 Å². The Kier molecular flexibility index (Phi) is 10.5. The lowest BCUT2D eigenvalue weighted by Crippen LogP contribution is -2.27. The molecule has 4 nitrogen and oxygen atoms in total. The molecule has 1 amide bonds. The van der Waals surface area contributed by atoms with E-state index in [1.165, 1.54) is 37.8 Å².